The largest absolute Gasteiger partial charge is 0.463 e. The van der Waals surface area contributed by atoms with E-state index in [9.17, 15) is 14.4 Å². The van der Waals surface area contributed by atoms with Gasteiger partial charge in [-0.05, 0) is 39.3 Å². The maximum absolute atomic E-state index is 12.2. The van der Waals surface area contributed by atoms with Gasteiger partial charge in [-0.2, -0.15) is 0 Å². The zero-order chi connectivity index (χ0) is 17.9. The molecule has 1 rings (SSSR count). The first kappa shape index (κ1) is 20.2. The lowest BCUT2D eigenvalue weighted by atomic mass is 10.1. The molecule has 0 aromatic carbocycles. The summed E-state index contributed by atoms with van der Waals surface area (Å²) in [5.74, 6) is -1.41. The number of likely N-dealkylation sites (tertiary alicyclic amines) is 1. The second kappa shape index (κ2) is 10.9. The molecule has 8 heteroatoms. The lowest BCUT2D eigenvalue weighted by molar-refractivity contribution is -0.149. The van der Waals surface area contributed by atoms with Gasteiger partial charge in [-0.15, -0.1) is 0 Å². The molecule has 2 atom stereocenters. The van der Waals surface area contributed by atoms with E-state index in [4.69, 9.17) is 14.9 Å². The maximum atomic E-state index is 12.2. The predicted molar refractivity (Wildman–Crippen MR) is 88.1 cm³/mol. The van der Waals surface area contributed by atoms with E-state index in [1.165, 1.54) is 7.11 Å². The van der Waals surface area contributed by atoms with Crippen molar-refractivity contribution in [3.05, 3.63) is 0 Å². The van der Waals surface area contributed by atoms with E-state index in [1.54, 1.807) is 6.92 Å². The van der Waals surface area contributed by atoms with Crippen LogP contribution in [0.2, 0.25) is 0 Å². The molecule has 8 nitrogen and oxygen atoms in total. The maximum Gasteiger partial charge on any atom is 0.328 e. The van der Waals surface area contributed by atoms with Crippen LogP contribution in [0.3, 0.4) is 0 Å². The zero-order valence-electron chi connectivity index (χ0n) is 14.4. The van der Waals surface area contributed by atoms with Crippen molar-refractivity contribution >= 4 is 23.9 Å². The van der Waals surface area contributed by atoms with Crippen LogP contribution in [-0.4, -0.2) is 74.3 Å². The highest BCUT2D eigenvalue weighted by Crippen LogP contribution is 2.07. The van der Waals surface area contributed by atoms with Gasteiger partial charge in [-0.3, -0.25) is 14.5 Å². The van der Waals surface area contributed by atoms with Gasteiger partial charge in [0, 0.05) is 20.1 Å². The summed E-state index contributed by atoms with van der Waals surface area (Å²) in [6, 6.07) is -0.919. The standard InChI is InChI=1S/C16H27N3O5/c1-12(23-2)15(21)18-14(6-5-13(20)11-17)16(22)24-10-9-19-7-3-4-8-19/h11-12,14,17H,3-10H2,1-2H3,(H,18,21)/t12-,14-/m0/s1. The fraction of sp³-hybridized carbons (Fsp3) is 0.750. The molecule has 1 heterocycles. The highest BCUT2D eigenvalue weighted by molar-refractivity contribution is 6.26. The summed E-state index contributed by atoms with van der Waals surface area (Å²) in [7, 11) is 1.40. The van der Waals surface area contributed by atoms with Gasteiger partial charge in [0.2, 0.25) is 5.91 Å². The van der Waals surface area contributed by atoms with Crippen molar-refractivity contribution in [1.82, 2.24) is 10.2 Å². The molecule has 1 fully saturated rings. The van der Waals surface area contributed by atoms with Crippen molar-refractivity contribution in [2.24, 2.45) is 0 Å². The summed E-state index contributed by atoms with van der Waals surface area (Å²) in [6.07, 6.45) is 2.41. The number of carbonyl (C=O) groups is 3. The molecule has 0 unspecified atom stereocenters. The quantitative estimate of drug-likeness (QED) is 0.409. The molecule has 1 amide bonds. The normalized spacial score (nSPS) is 17.1. The molecule has 1 aliphatic rings. The van der Waals surface area contributed by atoms with E-state index >= 15 is 0 Å². The monoisotopic (exact) mass is 341 g/mol. The Labute approximate surface area is 142 Å². The van der Waals surface area contributed by atoms with Gasteiger partial charge in [0.05, 0.1) is 6.21 Å². The Morgan fingerprint density at radius 3 is 2.54 bits per heavy atom. The highest BCUT2D eigenvalue weighted by atomic mass is 16.5. The van der Waals surface area contributed by atoms with Gasteiger partial charge in [0.15, 0.2) is 5.78 Å². The van der Waals surface area contributed by atoms with Crippen molar-refractivity contribution in [2.75, 3.05) is 33.4 Å². The Morgan fingerprint density at radius 1 is 1.29 bits per heavy atom. The number of methoxy groups -OCH3 is 1. The Balaban J connectivity index is 2.50. The molecule has 1 saturated heterocycles. The van der Waals surface area contributed by atoms with E-state index in [2.05, 4.69) is 10.2 Å². The Hall–Kier alpha value is -1.80. The SMILES string of the molecule is CO[C@@H](C)C(=O)N[C@@H](CCC(=O)C=N)C(=O)OCCN1CCCC1. The third kappa shape index (κ3) is 7.18. The number of hydrogen-bond donors (Lipinski definition) is 2. The molecule has 24 heavy (non-hydrogen) atoms. The number of ether oxygens (including phenoxy) is 2. The first-order valence-electron chi connectivity index (χ1n) is 8.23. The van der Waals surface area contributed by atoms with Crippen LogP contribution < -0.4 is 5.32 Å². The summed E-state index contributed by atoms with van der Waals surface area (Å²) in [4.78, 5) is 37.6. The van der Waals surface area contributed by atoms with E-state index < -0.39 is 29.8 Å². The average molecular weight is 341 g/mol. The van der Waals surface area contributed by atoms with Gasteiger partial charge < -0.3 is 20.2 Å². The van der Waals surface area contributed by atoms with Crippen molar-refractivity contribution in [2.45, 2.75) is 44.8 Å². The Kier molecular flexibility index (Phi) is 9.18. The summed E-state index contributed by atoms with van der Waals surface area (Å²) < 4.78 is 10.2. The van der Waals surface area contributed by atoms with Crippen LogP contribution in [0.15, 0.2) is 0 Å². The Bertz CT molecular complexity index is 449. The van der Waals surface area contributed by atoms with Gasteiger partial charge in [-0.25, -0.2) is 4.79 Å². The highest BCUT2D eigenvalue weighted by Gasteiger charge is 2.25. The molecule has 0 bridgehead atoms. The molecule has 0 aromatic heterocycles. The molecule has 0 aliphatic carbocycles. The fourth-order valence-corrected chi connectivity index (χ4v) is 2.39. The van der Waals surface area contributed by atoms with E-state index in [0.29, 0.717) is 12.8 Å². The van der Waals surface area contributed by atoms with Gasteiger partial charge in [-0.1, -0.05) is 0 Å². The number of esters is 1. The molecular formula is C16H27N3O5. The van der Waals surface area contributed by atoms with Gasteiger partial charge in [0.25, 0.3) is 0 Å². The van der Waals surface area contributed by atoms with Crippen LogP contribution in [0.5, 0.6) is 0 Å². The molecule has 0 saturated carbocycles. The van der Waals surface area contributed by atoms with Gasteiger partial charge >= 0.3 is 5.97 Å². The number of Topliss-reactive ketones (excluding diaryl/α,β-unsaturated/α-hetero) is 1. The van der Waals surface area contributed by atoms with E-state index in [1.807, 2.05) is 0 Å². The lowest BCUT2D eigenvalue weighted by Gasteiger charge is -2.20. The molecule has 1 aliphatic heterocycles. The minimum absolute atomic E-state index is 0.00294. The minimum Gasteiger partial charge on any atom is -0.463 e. The van der Waals surface area contributed by atoms with Crippen LogP contribution in [-0.2, 0) is 23.9 Å². The second-order valence-corrected chi connectivity index (χ2v) is 5.80. The van der Waals surface area contributed by atoms with Crippen molar-refractivity contribution in [1.29, 1.82) is 5.41 Å². The van der Waals surface area contributed by atoms with Crippen LogP contribution in [0.25, 0.3) is 0 Å². The van der Waals surface area contributed by atoms with Crippen LogP contribution in [0, 0.1) is 5.41 Å². The smallest absolute Gasteiger partial charge is 0.328 e. The lowest BCUT2D eigenvalue weighted by Crippen LogP contribution is -2.46. The summed E-state index contributed by atoms with van der Waals surface area (Å²) in [5.41, 5.74) is 0. The van der Waals surface area contributed by atoms with Crippen LogP contribution in [0.4, 0.5) is 0 Å². The minimum atomic E-state index is -0.919. The zero-order valence-corrected chi connectivity index (χ0v) is 14.4. The Morgan fingerprint density at radius 2 is 1.96 bits per heavy atom. The van der Waals surface area contributed by atoms with E-state index in [-0.39, 0.29) is 19.4 Å². The average Bonchev–Trinajstić information content (AvgIpc) is 3.10. The summed E-state index contributed by atoms with van der Waals surface area (Å²) in [5, 5.41) is 9.45. The van der Waals surface area contributed by atoms with Crippen molar-refractivity contribution < 1.29 is 23.9 Å². The van der Waals surface area contributed by atoms with Crippen molar-refractivity contribution in [3.8, 4) is 0 Å². The topological polar surface area (TPSA) is 109 Å². The summed E-state index contributed by atoms with van der Waals surface area (Å²) >= 11 is 0. The first-order valence-corrected chi connectivity index (χ1v) is 8.23. The molecule has 0 spiro atoms. The first-order chi connectivity index (χ1) is 11.5. The van der Waals surface area contributed by atoms with Crippen molar-refractivity contribution in [3.63, 3.8) is 0 Å². The third-order valence-electron chi connectivity index (χ3n) is 4.01. The molecule has 0 aromatic rings. The number of rotatable bonds is 11. The number of carbonyl (C=O) groups excluding carboxylic acids is 3. The number of ketones is 1. The number of amides is 1. The molecule has 136 valence electrons. The molecule has 0 radical (unpaired) electrons. The van der Waals surface area contributed by atoms with E-state index in [0.717, 1.165) is 25.9 Å². The number of nitrogens with one attached hydrogen (secondary N) is 2. The van der Waals surface area contributed by atoms with Crippen LogP contribution in [0.1, 0.15) is 32.6 Å². The molecular weight excluding hydrogens is 314 g/mol. The number of nitrogens with zero attached hydrogens (tertiary/aromatic N) is 1. The summed E-state index contributed by atoms with van der Waals surface area (Å²) in [6.45, 7) is 4.51. The second-order valence-electron chi connectivity index (χ2n) is 5.80. The predicted octanol–water partition coefficient (Wildman–Crippen LogP) is 0.144. The number of hydrogen-bond acceptors (Lipinski definition) is 7. The van der Waals surface area contributed by atoms with Gasteiger partial charge in [0.1, 0.15) is 18.8 Å². The third-order valence-corrected chi connectivity index (χ3v) is 4.01. The van der Waals surface area contributed by atoms with Crippen LogP contribution >= 0.6 is 0 Å². The molecule has 2 N–H and O–H groups in total. The fourth-order valence-electron chi connectivity index (χ4n) is 2.39.